The van der Waals surface area contributed by atoms with Gasteiger partial charge < -0.3 is 15.5 Å². The molecule has 0 radical (unpaired) electrons. The Morgan fingerprint density at radius 1 is 1.21 bits per heavy atom. The summed E-state index contributed by atoms with van der Waals surface area (Å²) in [5.41, 5.74) is 3.39. The van der Waals surface area contributed by atoms with Crippen molar-refractivity contribution in [1.82, 2.24) is 10.2 Å². The molecule has 5 nitrogen and oxygen atoms in total. The Kier molecular flexibility index (Phi) is 7.19. The second-order valence-corrected chi connectivity index (χ2v) is 7.99. The molecule has 0 aromatic heterocycles. The van der Waals surface area contributed by atoms with Crippen molar-refractivity contribution in [2.45, 2.75) is 32.5 Å². The van der Waals surface area contributed by atoms with E-state index in [2.05, 4.69) is 5.32 Å². The van der Waals surface area contributed by atoms with Gasteiger partial charge in [-0.1, -0.05) is 53.5 Å². The van der Waals surface area contributed by atoms with Crippen LogP contribution < -0.4 is 5.32 Å². The van der Waals surface area contributed by atoms with Gasteiger partial charge in [-0.15, -0.1) is 0 Å². The molecular formula is C22H24Cl2N2O3. The summed E-state index contributed by atoms with van der Waals surface area (Å²) >= 11 is 11.9. The van der Waals surface area contributed by atoms with E-state index in [1.807, 2.05) is 43.3 Å². The van der Waals surface area contributed by atoms with Crippen molar-refractivity contribution < 1.29 is 15.0 Å². The molecule has 3 rings (SSSR count). The minimum atomic E-state index is -1.17. The number of aryl methyl sites for hydroxylation is 2. The van der Waals surface area contributed by atoms with Crippen molar-refractivity contribution in [2.24, 2.45) is 0 Å². The normalized spacial score (nSPS) is 17.0. The highest BCUT2D eigenvalue weighted by Gasteiger charge is 2.34. The largest absolute Gasteiger partial charge is 0.508 e. The van der Waals surface area contributed by atoms with Gasteiger partial charge in [-0.2, -0.15) is 0 Å². The first-order valence-electron chi connectivity index (χ1n) is 9.47. The SMILES string of the molecule is Cc1ccccc1CN1CC(C(=O)NCCCc2ccc(Cl)c(Cl)c2)=C(O)C1O. The lowest BCUT2D eigenvalue weighted by Crippen LogP contribution is -2.32. The summed E-state index contributed by atoms with van der Waals surface area (Å²) in [4.78, 5) is 14.1. The van der Waals surface area contributed by atoms with E-state index >= 15 is 0 Å². The number of halogens is 2. The lowest BCUT2D eigenvalue weighted by atomic mass is 10.1. The number of hydrogen-bond donors (Lipinski definition) is 3. The van der Waals surface area contributed by atoms with E-state index in [-0.39, 0.29) is 23.8 Å². The average molecular weight is 435 g/mol. The molecule has 0 saturated heterocycles. The molecule has 1 atom stereocenters. The molecule has 1 unspecified atom stereocenters. The Bertz CT molecular complexity index is 930. The Labute approximate surface area is 180 Å². The van der Waals surface area contributed by atoms with Crippen molar-refractivity contribution in [3.05, 3.63) is 80.5 Å². The van der Waals surface area contributed by atoms with Crippen molar-refractivity contribution in [3.63, 3.8) is 0 Å². The van der Waals surface area contributed by atoms with Crippen LogP contribution >= 0.6 is 23.2 Å². The molecule has 0 saturated carbocycles. The van der Waals surface area contributed by atoms with Crippen molar-refractivity contribution >= 4 is 29.1 Å². The minimum Gasteiger partial charge on any atom is -0.508 e. The maximum Gasteiger partial charge on any atom is 0.252 e. The zero-order valence-corrected chi connectivity index (χ0v) is 17.7. The lowest BCUT2D eigenvalue weighted by Gasteiger charge is -2.21. The maximum atomic E-state index is 12.5. The van der Waals surface area contributed by atoms with Crippen molar-refractivity contribution in [1.29, 1.82) is 0 Å². The van der Waals surface area contributed by atoms with Gasteiger partial charge in [0.1, 0.15) is 5.76 Å². The quantitative estimate of drug-likeness (QED) is 0.575. The fourth-order valence-corrected chi connectivity index (χ4v) is 3.65. The van der Waals surface area contributed by atoms with Crippen LogP contribution in [0.3, 0.4) is 0 Å². The molecule has 154 valence electrons. The predicted octanol–water partition coefficient (Wildman–Crippen LogP) is 4.00. The first-order chi connectivity index (χ1) is 13.9. The highest BCUT2D eigenvalue weighted by atomic mass is 35.5. The lowest BCUT2D eigenvalue weighted by molar-refractivity contribution is -0.117. The number of benzene rings is 2. The summed E-state index contributed by atoms with van der Waals surface area (Å²) in [6, 6.07) is 13.3. The van der Waals surface area contributed by atoms with Crippen LogP contribution in [0.5, 0.6) is 0 Å². The van der Waals surface area contributed by atoms with E-state index in [0.717, 1.165) is 23.1 Å². The summed E-state index contributed by atoms with van der Waals surface area (Å²) in [6.45, 7) is 3.09. The molecule has 2 aromatic carbocycles. The second kappa shape index (κ2) is 9.63. The predicted molar refractivity (Wildman–Crippen MR) is 115 cm³/mol. The standard InChI is InChI=1S/C22H24Cl2N2O3/c1-14-5-2-3-7-16(14)12-26-13-17(20(27)22(26)29)21(28)25-10-4-6-15-8-9-18(23)19(24)11-15/h2-3,5,7-9,11,22,27,29H,4,6,10,12-13H2,1H3,(H,25,28). The Hall–Kier alpha value is -2.05. The number of carbonyl (C=O) groups excluding carboxylic acids is 1. The van der Waals surface area contributed by atoms with Gasteiger partial charge in [0.2, 0.25) is 0 Å². The van der Waals surface area contributed by atoms with Crippen molar-refractivity contribution in [3.8, 4) is 0 Å². The van der Waals surface area contributed by atoms with E-state index in [1.54, 1.807) is 11.0 Å². The monoisotopic (exact) mass is 434 g/mol. The highest BCUT2D eigenvalue weighted by Crippen LogP contribution is 2.25. The Balaban J connectivity index is 1.51. The Morgan fingerprint density at radius 3 is 2.69 bits per heavy atom. The first-order valence-corrected chi connectivity index (χ1v) is 10.2. The third-order valence-corrected chi connectivity index (χ3v) is 5.82. The number of rotatable bonds is 7. The van der Waals surface area contributed by atoms with Crippen LogP contribution in [0.4, 0.5) is 0 Å². The van der Waals surface area contributed by atoms with Gasteiger partial charge in [0, 0.05) is 19.6 Å². The van der Waals surface area contributed by atoms with Gasteiger partial charge in [-0.05, 0) is 48.6 Å². The van der Waals surface area contributed by atoms with E-state index < -0.39 is 6.23 Å². The summed E-state index contributed by atoms with van der Waals surface area (Å²) in [6.07, 6.45) is 0.281. The molecule has 7 heteroatoms. The molecule has 1 aliphatic rings. The molecule has 29 heavy (non-hydrogen) atoms. The van der Waals surface area contributed by atoms with Crippen LogP contribution in [-0.4, -0.2) is 40.3 Å². The molecule has 3 N–H and O–H groups in total. The van der Waals surface area contributed by atoms with Crippen LogP contribution in [0.25, 0.3) is 0 Å². The minimum absolute atomic E-state index is 0.194. The fourth-order valence-electron chi connectivity index (χ4n) is 3.33. The summed E-state index contributed by atoms with van der Waals surface area (Å²) < 4.78 is 0. The van der Waals surface area contributed by atoms with Gasteiger partial charge in [0.05, 0.1) is 15.6 Å². The van der Waals surface area contributed by atoms with E-state index in [1.165, 1.54) is 0 Å². The third kappa shape index (κ3) is 5.31. The van der Waals surface area contributed by atoms with Crippen LogP contribution in [0.2, 0.25) is 10.0 Å². The molecule has 0 fully saturated rings. The number of aliphatic hydroxyl groups is 2. The topological polar surface area (TPSA) is 72.8 Å². The van der Waals surface area contributed by atoms with E-state index in [4.69, 9.17) is 23.2 Å². The molecule has 0 spiro atoms. The molecule has 1 amide bonds. The first kappa shape index (κ1) is 21.7. The number of hydrogen-bond acceptors (Lipinski definition) is 4. The van der Waals surface area contributed by atoms with Crippen LogP contribution in [0.1, 0.15) is 23.1 Å². The molecule has 0 bridgehead atoms. The Morgan fingerprint density at radius 2 is 1.97 bits per heavy atom. The second-order valence-electron chi connectivity index (χ2n) is 7.18. The average Bonchev–Trinajstić information content (AvgIpc) is 2.98. The number of nitrogens with one attached hydrogen (secondary N) is 1. The third-order valence-electron chi connectivity index (χ3n) is 5.08. The van der Waals surface area contributed by atoms with Gasteiger partial charge in [-0.3, -0.25) is 9.69 Å². The van der Waals surface area contributed by atoms with E-state index in [0.29, 0.717) is 29.6 Å². The van der Waals surface area contributed by atoms with Crippen LogP contribution in [0.15, 0.2) is 53.8 Å². The smallest absolute Gasteiger partial charge is 0.252 e. The summed E-state index contributed by atoms with van der Waals surface area (Å²) in [5.74, 6) is -0.636. The highest BCUT2D eigenvalue weighted by molar-refractivity contribution is 6.42. The van der Waals surface area contributed by atoms with Gasteiger partial charge in [0.15, 0.2) is 6.23 Å². The number of amides is 1. The number of aliphatic hydroxyl groups excluding tert-OH is 2. The van der Waals surface area contributed by atoms with Crippen molar-refractivity contribution in [2.75, 3.05) is 13.1 Å². The zero-order chi connectivity index (χ0) is 21.0. The zero-order valence-electron chi connectivity index (χ0n) is 16.2. The van der Waals surface area contributed by atoms with Gasteiger partial charge >= 0.3 is 0 Å². The summed E-state index contributed by atoms with van der Waals surface area (Å²) in [5, 5.41) is 24.4. The summed E-state index contributed by atoms with van der Waals surface area (Å²) in [7, 11) is 0. The number of nitrogens with zero attached hydrogens (tertiary/aromatic N) is 1. The molecule has 0 aliphatic carbocycles. The van der Waals surface area contributed by atoms with Crippen LogP contribution in [0, 0.1) is 6.92 Å². The van der Waals surface area contributed by atoms with Gasteiger partial charge in [0.25, 0.3) is 5.91 Å². The number of carbonyl (C=O) groups is 1. The molecule has 2 aromatic rings. The van der Waals surface area contributed by atoms with Crippen LogP contribution in [-0.2, 0) is 17.8 Å². The maximum absolute atomic E-state index is 12.5. The molecule has 1 aliphatic heterocycles. The molecule has 1 heterocycles. The fraction of sp³-hybridized carbons (Fsp3) is 0.318. The van der Waals surface area contributed by atoms with Gasteiger partial charge in [-0.25, -0.2) is 0 Å². The molecular weight excluding hydrogens is 411 g/mol. The van der Waals surface area contributed by atoms with E-state index in [9.17, 15) is 15.0 Å².